The molecule has 0 aromatic carbocycles. The van der Waals surface area contributed by atoms with Crippen LogP contribution >= 0.6 is 11.3 Å². The lowest BCUT2D eigenvalue weighted by molar-refractivity contribution is 0.0521. The van der Waals surface area contributed by atoms with Crippen LogP contribution in [0.1, 0.15) is 35.3 Å². The molecule has 1 aliphatic rings. The SMILES string of the molecule is CCOC(=O)c1nc(C)sc1N1CCCC1. The van der Waals surface area contributed by atoms with E-state index in [2.05, 4.69) is 9.88 Å². The third-order valence-corrected chi connectivity index (χ3v) is 3.61. The van der Waals surface area contributed by atoms with E-state index in [1.807, 2.05) is 13.8 Å². The summed E-state index contributed by atoms with van der Waals surface area (Å²) < 4.78 is 5.02. The van der Waals surface area contributed by atoms with Crippen LogP contribution in [0.4, 0.5) is 5.00 Å². The number of anilines is 1. The fourth-order valence-electron chi connectivity index (χ4n) is 1.88. The van der Waals surface area contributed by atoms with Gasteiger partial charge in [0, 0.05) is 13.1 Å². The van der Waals surface area contributed by atoms with Crippen LogP contribution in [0.15, 0.2) is 0 Å². The van der Waals surface area contributed by atoms with Crippen LogP contribution in [0.5, 0.6) is 0 Å². The highest BCUT2D eigenvalue weighted by atomic mass is 32.1. The Morgan fingerprint density at radius 2 is 2.19 bits per heavy atom. The Balaban J connectivity index is 2.25. The number of aromatic nitrogens is 1. The summed E-state index contributed by atoms with van der Waals surface area (Å²) in [6.07, 6.45) is 2.39. The molecule has 4 nitrogen and oxygen atoms in total. The van der Waals surface area contributed by atoms with E-state index >= 15 is 0 Å². The van der Waals surface area contributed by atoms with E-state index in [4.69, 9.17) is 4.74 Å². The summed E-state index contributed by atoms with van der Waals surface area (Å²) in [4.78, 5) is 18.2. The molecule has 16 heavy (non-hydrogen) atoms. The Morgan fingerprint density at radius 3 is 2.81 bits per heavy atom. The van der Waals surface area contributed by atoms with E-state index in [0.717, 1.165) is 23.1 Å². The van der Waals surface area contributed by atoms with Crippen molar-refractivity contribution in [2.45, 2.75) is 26.7 Å². The number of rotatable bonds is 3. The van der Waals surface area contributed by atoms with E-state index in [1.165, 1.54) is 12.8 Å². The van der Waals surface area contributed by atoms with E-state index in [-0.39, 0.29) is 5.97 Å². The summed E-state index contributed by atoms with van der Waals surface area (Å²) in [6, 6.07) is 0. The number of hydrogen-bond donors (Lipinski definition) is 0. The minimum absolute atomic E-state index is 0.297. The summed E-state index contributed by atoms with van der Waals surface area (Å²) >= 11 is 1.58. The van der Waals surface area contributed by atoms with Gasteiger partial charge in [0.05, 0.1) is 11.6 Å². The molecule has 1 fully saturated rings. The Labute approximate surface area is 99.2 Å². The molecule has 1 aromatic heterocycles. The van der Waals surface area contributed by atoms with Crippen LogP contribution in [-0.2, 0) is 4.74 Å². The first-order chi connectivity index (χ1) is 7.72. The van der Waals surface area contributed by atoms with Crippen LogP contribution in [0.2, 0.25) is 0 Å². The summed E-state index contributed by atoms with van der Waals surface area (Å²) in [6.45, 7) is 6.18. The van der Waals surface area contributed by atoms with Gasteiger partial charge in [0.15, 0.2) is 5.69 Å². The molecule has 0 unspecified atom stereocenters. The minimum Gasteiger partial charge on any atom is -0.461 e. The molecule has 0 radical (unpaired) electrons. The van der Waals surface area contributed by atoms with Gasteiger partial charge in [0.1, 0.15) is 5.00 Å². The van der Waals surface area contributed by atoms with Crippen LogP contribution in [0.25, 0.3) is 0 Å². The lowest BCUT2D eigenvalue weighted by Crippen LogP contribution is -2.20. The highest BCUT2D eigenvalue weighted by Gasteiger charge is 2.24. The summed E-state index contributed by atoms with van der Waals surface area (Å²) in [7, 11) is 0. The van der Waals surface area contributed by atoms with Gasteiger partial charge in [-0.15, -0.1) is 11.3 Å². The van der Waals surface area contributed by atoms with Gasteiger partial charge in [0.25, 0.3) is 0 Å². The van der Waals surface area contributed by atoms with Gasteiger partial charge in [0.2, 0.25) is 0 Å². The quantitative estimate of drug-likeness (QED) is 0.760. The summed E-state index contributed by atoms with van der Waals surface area (Å²) in [5.74, 6) is -0.297. The van der Waals surface area contributed by atoms with Crippen molar-refractivity contribution < 1.29 is 9.53 Å². The van der Waals surface area contributed by atoms with Gasteiger partial charge >= 0.3 is 5.97 Å². The molecule has 0 bridgehead atoms. The van der Waals surface area contributed by atoms with E-state index in [9.17, 15) is 4.79 Å². The molecule has 0 atom stereocenters. The van der Waals surface area contributed by atoms with Crippen LogP contribution in [-0.4, -0.2) is 30.6 Å². The normalized spacial score (nSPS) is 15.5. The molecule has 1 aliphatic heterocycles. The second-order valence-electron chi connectivity index (χ2n) is 3.80. The predicted molar refractivity (Wildman–Crippen MR) is 64.3 cm³/mol. The van der Waals surface area contributed by atoms with Crippen molar-refractivity contribution in [3.05, 3.63) is 10.7 Å². The van der Waals surface area contributed by atoms with Crippen LogP contribution in [0.3, 0.4) is 0 Å². The maximum atomic E-state index is 11.7. The minimum atomic E-state index is -0.297. The number of esters is 1. The molecule has 0 amide bonds. The Morgan fingerprint density at radius 1 is 1.50 bits per heavy atom. The molecule has 1 aromatic rings. The monoisotopic (exact) mass is 240 g/mol. The molecular formula is C11H16N2O2S. The molecule has 88 valence electrons. The Bertz CT molecular complexity index is 383. The number of carbonyl (C=O) groups excluding carboxylic acids is 1. The average Bonchev–Trinajstić information content (AvgIpc) is 2.85. The first kappa shape index (κ1) is 11.4. The molecule has 2 heterocycles. The lowest BCUT2D eigenvalue weighted by atomic mass is 10.4. The largest absolute Gasteiger partial charge is 0.461 e. The predicted octanol–water partition coefficient (Wildman–Crippen LogP) is 2.23. The number of ether oxygens (including phenoxy) is 1. The maximum Gasteiger partial charge on any atom is 0.360 e. The van der Waals surface area contributed by atoms with Crippen molar-refractivity contribution in [1.29, 1.82) is 0 Å². The molecule has 5 heteroatoms. The zero-order valence-electron chi connectivity index (χ0n) is 9.65. The highest BCUT2D eigenvalue weighted by Crippen LogP contribution is 2.31. The Kier molecular flexibility index (Phi) is 3.43. The molecule has 0 spiro atoms. The standard InChI is InChI=1S/C11H16N2O2S/c1-3-15-11(14)9-10(16-8(2)12-9)13-6-4-5-7-13/h3-7H2,1-2H3. The van der Waals surface area contributed by atoms with E-state index < -0.39 is 0 Å². The number of carbonyl (C=O) groups is 1. The molecule has 0 aliphatic carbocycles. The molecular weight excluding hydrogens is 224 g/mol. The fraction of sp³-hybridized carbons (Fsp3) is 0.636. The lowest BCUT2D eigenvalue weighted by Gasteiger charge is -2.15. The second-order valence-corrected chi connectivity index (χ2v) is 4.98. The van der Waals surface area contributed by atoms with Crippen molar-refractivity contribution in [2.24, 2.45) is 0 Å². The second kappa shape index (κ2) is 4.82. The molecule has 0 saturated carbocycles. The Hall–Kier alpha value is -1.10. The van der Waals surface area contributed by atoms with Crippen molar-refractivity contribution in [2.75, 3.05) is 24.6 Å². The maximum absolute atomic E-state index is 11.7. The van der Waals surface area contributed by atoms with Gasteiger partial charge in [-0.2, -0.15) is 0 Å². The zero-order chi connectivity index (χ0) is 11.5. The average molecular weight is 240 g/mol. The number of nitrogens with zero attached hydrogens (tertiary/aromatic N) is 2. The molecule has 0 N–H and O–H groups in total. The number of aryl methyl sites for hydroxylation is 1. The summed E-state index contributed by atoms with van der Waals surface area (Å²) in [5.41, 5.74) is 0.492. The number of hydrogen-bond acceptors (Lipinski definition) is 5. The van der Waals surface area contributed by atoms with Gasteiger partial charge in [-0.05, 0) is 26.7 Å². The van der Waals surface area contributed by atoms with Crippen LogP contribution in [0, 0.1) is 6.92 Å². The third-order valence-electron chi connectivity index (χ3n) is 2.58. The highest BCUT2D eigenvalue weighted by molar-refractivity contribution is 7.16. The van der Waals surface area contributed by atoms with Gasteiger partial charge in [-0.25, -0.2) is 9.78 Å². The fourth-order valence-corrected chi connectivity index (χ4v) is 2.84. The zero-order valence-corrected chi connectivity index (χ0v) is 10.5. The van der Waals surface area contributed by atoms with E-state index in [1.54, 1.807) is 11.3 Å². The van der Waals surface area contributed by atoms with Crippen molar-refractivity contribution in [3.8, 4) is 0 Å². The topological polar surface area (TPSA) is 42.4 Å². The van der Waals surface area contributed by atoms with Gasteiger partial charge in [-0.1, -0.05) is 0 Å². The summed E-state index contributed by atoms with van der Waals surface area (Å²) in [5, 5.41) is 1.90. The smallest absolute Gasteiger partial charge is 0.360 e. The molecule has 2 rings (SSSR count). The van der Waals surface area contributed by atoms with Gasteiger partial charge < -0.3 is 9.64 Å². The number of thiazole rings is 1. The van der Waals surface area contributed by atoms with Crippen molar-refractivity contribution in [1.82, 2.24) is 4.98 Å². The molecule has 1 saturated heterocycles. The van der Waals surface area contributed by atoms with Crippen molar-refractivity contribution >= 4 is 22.3 Å². The van der Waals surface area contributed by atoms with Crippen molar-refractivity contribution in [3.63, 3.8) is 0 Å². The first-order valence-electron chi connectivity index (χ1n) is 5.62. The van der Waals surface area contributed by atoms with Crippen LogP contribution < -0.4 is 4.90 Å². The van der Waals surface area contributed by atoms with E-state index in [0.29, 0.717) is 12.3 Å². The third kappa shape index (κ3) is 2.19. The van der Waals surface area contributed by atoms with Gasteiger partial charge in [-0.3, -0.25) is 0 Å². The first-order valence-corrected chi connectivity index (χ1v) is 6.43.